The van der Waals surface area contributed by atoms with Crippen molar-refractivity contribution < 1.29 is 4.42 Å². The molecule has 0 fully saturated rings. The number of aromatic nitrogens is 4. The molecule has 0 aliphatic rings. The van der Waals surface area contributed by atoms with E-state index in [-0.39, 0.29) is 0 Å². The Bertz CT molecular complexity index is 7690. The highest BCUT2D eigenvalue weighted by molar-refractivity contribution is 6.19. The van der Waals surface area contributed by atoms with Gasteiger partial charge in [-0.2, -0.15) is 0 Å². The molecule has 5 heterocycles. The smallest absolute Gasteiger partial charge is 0.135 e. The van der Waals surface area contributed by atoms with Crippen LogP contribution in [0.3, 0.4) is 0 Å². The summed E-state index contributed by atoms with van der Waals surface area (Å²) in [7, 11) is 0. The largest absolute Gasteiger partial charge is 0.456 e. The molecule has 5 aromatic heterocycles. The Morgan fingerprint density at radius 2 is 0.496 bits per heavy atom. The molecule has 113 heavy (non-hydrogen) atoms. The zero-order valence-corrected chi connectivity index (χ0v) is 61.5. The maximum absolute atomic E-state index is 6.28. The van der Waals surface area contributed by atoms with Crippen molar-refractivity contribution in [2.24, 2.45) is 0 Å². The van der Waals surface area contributed by atoms with Crippen molar-refractivity contribution in [3.8, 4) is 112 Å². The van der Waals surface area contributed by atoms with Crippen molar-refractivity contribution in [3.05, 3.63) is 413 Å². The topological polar surface area (TPSA) is 32.9 Å². The molecule has 526 valence electrons. The lowest BCUT2D eigenvalue weighted by Gasteiger charge is -2.17. The zero-order valence-electron chi connectivity index (χ0n) is 61.5. The second-order valence-corrected chi connectivity index (χ2v) is 29.9. The molecule has 5 heteroatoms. The fraction of sp³-hybridized carbons (Fsp3) is 0. The Balaban J connectivity index is 0.716. The standard InChI is InChI=1S/C108H68N4O/c1-6-24-69(25-7-1)79-60-80(70-26-8-2-9-27-70)62-84(61-79)112-100-42-20-16-34-88(100)91-39-22-37-86(107(91)112)78-51-58-103-97(67-78)96-64-76(48-55-102(96)110(103)82-32-14-5-15-33-82)75-49-56-104-95(63-75)92-40-23-38-87(77-50-57-101-94(66-77)89-35-17-19-41-99(89)109(101)81-30-12-4-13-31-81)108(92)111(104)83-53-54-85(72-28-10-3-11-29-72)93(68-83)73-46-44-71(45-47-73)74-52-59-106-98(65-74)90-36-18-21-43-105(90)113-106/h1-68H. The van der Waals surface area contributed by atoms with Crippen LogP contribution in [-0.2, 0) is 0 Å². The number of fused-ring (bicyclic) bond motifs is 15. The van der Waals surface area contributed by atoms with Crippen LogP contribution in [0.4, 0.5) is 0 Å². The Morgan fingerprint density at radius 3 is 1.07 bits per heavy atom. The zero-order chi connectivity index (χ0) is 74.2. The van der Waals surface area contributed by atoms with Gasteiger partial charge in [-0.05, 0) is 211 Å². The third-order valence-corrected chi connectivity index (χ3v) is 23.5. The van der Waals surface area contributed by atoms with Crippen molar-refractivity contribution in [2.45, 2.75) is 0 Å². The van der Waals surface area contributed by atoms with Gasteiger partial charge in [0.2, 0.25) is 0 Å². The van der Waals surface area contributed by atoms with E-state index in [1.165, 1.54) is 81.9 Å². The summed E-state index contributed by atoms with van der Waals surface area (Å²) in [6, 6.07) is 152. The van der Waals surface area contributed by atoms with Crippen molar-refractivity contribution in [2.75, 3.05) is 0 Å². The fourth-order valence-corrected chi connectivity index (χ4v) is 18.4. The number of benzene rings is 18. The molecule has 0 atom stereocenters. The predicted molar refractivity (Wildman–Crippen MR) is 475 cm³/mol. The summed E-state index contributed by atoms with van der Waals surface area (Å²) in [4.78, 5) is 0. The van der Waals surface area contributed by atoms with E-state index in [2.05, 4.69) is 419 Å². The summed E-state index contributed by atoms with van der Waals surface area (Å²) in [5, 5.41) is 11.8. The first-order chi connectivity index (χ1) is 56.0. The molecule has 23 aromatic rings. The van der Waals surface area contributed by atoms with Crippen LogP contribution in [0.15, 0.2) is 417 Å². The van der Waals surface area contributed by atoms with Crippen molar-refractivity contribution in [1.29, 1.82) is 0 Å². The quantitative estimate of drug-likeness (QED) is 0.120. The van der Waals surface area contributed by atoms with Crippen LogP contribution < -0.4 is 0 Å². The number of hydrogen-bond donors (Lipinski definition) is 0. The Kier molecular flexibility index (Phi) is 14.6. The van der Waals surface area contributed by atoms with Crippen LogP contribution >= 0.6 is 0 Å². The minimum absolute atomic E-state index is 0.892. The molecule has 5 nitrogen and oxygen atoms in total. The Morgan fingerprint density at radius 1 is 0.142 bits per heavy atom. The third-order valence-electron chi connectivity index (χ3n) is 23.5. The van der Waals surface area contributed by atoms with Crippen LogP contribution in [0.1, 0.15) is 0 Å². The van der Waals surface area contributed by atoms with Gasteiger partial charge in [0, 0.05) is 87.7 Å². The van der Waals surface area contributed by atoms with Gasteiger partial charge < -0.3 is 22.7 Å². The molecule has 0 amide bonds. The minimum atomic E-state index is 0.892. The lowest BCUT2D eigenvalue weighted by Crippen LogP contribution is -1.98. The molecular weight excluding hydrogens is 1370 g/mol. The van der Waals surface area contributed by atoms with Gasteiger partial charge in [0.25, 0.3) is 0 Å². The first kappa shape index (κ1) is 64.0. The van der Waals surface area contributed by atoms with Crippen molar-refractivity contribution in [3.63, 3.8) is 0 Å². The average Bonchev–Trinajstić information content (AvgIpc) is 1.59. The monoisotopic (exact) mass is 1440 g/mol. The molecule has 0 saturated carbocycles. The van der Waals surface area contributed by atoms with E-state index in [0.717, 1.165) is 139 Å². The Labute approximate surface area is 651 Å². The summed E-state index contributed by atoms with van der Waals surface area (Å²) >= 11 is 0. The highest BCUT2D eigenvalue weighted by Crippen LogP contribution is 2.48. The van der Waals surface area contributed by atoms with E-state index in [1.807, 2.05) is 12.1 Å². The lowest BCUT2D eigenvalue weighted by atomic mass is 9.92. The van der Waals surface area contributed by atoms with Gasteiger partial charge in [-0.1, -0.05) is 279 Å². The fourth-order valence-electron chi connectivity index (χ4n) is 18.4. The predicted octanol–water partition coefficient (Wildman–Crippen LogP) is 29.3. The highest BCUT2D eigenvalue weighted by Gasteiger charge is 2.25. The van der Waals surface area contributed by atoms with Gasteiger partial charge in [0.15, 0.2) is 0 Å². The van der Waals surface area contributed by atoms with Crippen LogP contribution in [0.5, 0.6) is 0 Å². The number of hydrogen-bond acceptors (Lipinski definition) is 1. The summed E-state index contributed by atoms with van der Waals surface area (Å²) in [6.45, 7) is 0. The molecule has 0 spiro atoms. The summed E-state index contributed by atoms with van der Waals surface area (Å²) in [5.74, 6) is 0. The average molecular weight is 1440 g/mol. The van der Waals surface area contributed by atoms with Gasteiger partial charge >= 0.3 is 0 Å². The van der Waals surface area contributed by atoms with Gasteiger partial charge in [-0.15, -0.1) is 0 Å². The lowest BCUT2D eigenvalue weighted by molar-refractivity contribution is 0.669. The minimum Gasteiger partial charge on any atom is -0.456 e. The van der Waals surface area contributed by atoms with Gasteiger partial charge in [0.1, 0.15) is 11.2 Å². The normalized spacial score (nSPS) is 11.9. The SMILES string of the molecule is c1ccc(-c2cc(-c3ccccc3)cc(-n3c4ccccc4c4cccc(-c5ccc6c(c5)c5cc(-c7ccc8c(c7)c7cccc(-c9ccc%10c(c9)c9ccccc9n%10-c9ccccc9)c7n8-c7ccc(-c8ccccc8)c(-c8ccc(-c9ccc%10oc%11ccccc%11c%10c9)cc8)c7)ccc5n6-c5ccccc5)c43)c2)cc1. The molecule has 18 aromatic carbocycles. The second kappa shape index (κ2) is 25.8. The van der Waals surface area contributed by atoms with Gasteiger partial charge in [-0.25, -0.2) is 0 Å². The molecule has 0 aliphatic heterocycles. The Hall–Kier alpha value is -15.0. The molecular formula is C108H68N4O. The first-order valence-electron chi connectivity index (χ1n) is 38.8. The molecule has 0 radical (unpaired) electrons. The maximum Gasteiger partial charge on any atom is 0.135 e. The number of para-hydroxylation sites is 7. The van der Waals surface area contributed by atoms with Crippen LogP contribution in [-0.4, -0.2) is 18.3 Å². The van der Waals surface area contributed by atoms with Gasteiger partial charge in [-0.3, -0.25) is 0 Å². The van der Waals surface area contributed by atoms with E-state index in [4.69, 9.17) is 4.42 Å². The van der Waals surface area contributed by atoms with E-state index in [1.54, 1.807) is 0 Å². The molecule has 23 rings (SSSR count). The van der Waals surface area contributed by atoms with Gasteiger partial charge in [0.05, 0.1) is 44.1 Å². The van der Waals surface area contributed by atoms with Crippen molar-refractivity contribution in [1.82, 2.24) is 18.3 Å². The van der Waals surface area contributed by atoms with E-state index >= 15 is 0 Å². The number of nitrogens with zero attached hydrogens (tertiary/aromatic N) is 4. The van der Waals surface area contributed by atoms with Crippen molar-refractivity contribution >= 4 is 109 Å². The highest BCUT2D eigenvalue weighted by atomic mass is 16.3. The molecule has 0 saturated heterocycles. The van der Waals surface area contributed by atoms with Crippen LogP contribution in [0.25, 0.3) is 221 Å². The van der Waals surface area contributed by atoms with E-state index < -0.39 is 0 Å². The maximum atomic E-state index is 6.28. The molecule has 0 unspecified atom stereocenters. The van der Waals surface area contributed by atoms with E-state index in [9.17, 15) is 0 Å². The second-order valence-electron chi connectivity index (χ2n) is 29.9. The third kappa shape index (κ3) is 10.4. The number of rotatable bonds is 12. The van der Waals surface area contributed by atoms with Crippen LogP contribution in [0.2, 0.25) is 0 Å². The number of furan rings is 1. The molecule has 0 N–H and O–H groups in total. The molecule has 0 bridgehead atoms. The summed E-state index contributed by atoms with van der Waals surface area (Å²) in [5.41, 5.74) is 33.9. The molecule has 0 aliphatic carbocycles. The summed E-state index contributed by atoms with van der Waals surface area (Å²) < 4.78 is 16.2. The summed E-state index contributed by atoms with van der Waals surface area (Å²) in [6.07, 6.45) is 0. The first-order valence-corrected chi connectivity index (χ1v) is 38.8. The van der Waals surface area contributed by atoms with E-state index in [0.29, 0.717) is 0 Å². The van der Waals surface area contributed by atoms with Crippen LogP contribution in [0, 0.1) is 0 Å².